The normalized spacial score (nSPS) is 15.4. The second-order valence-electron chi connectivity index (χ2n) is 5.57. The van der Waals surface area contributed by atoms with Crippen molar-refractivity contribution in [2.75, 3.05) is 16.2 Å². The summed E-state index contributed by atoms with van der Waals surface area (Å²) in [5, 5.41) is 21.8. The van der Waals surface area contributed by atoms with Crippen molar-refractivity contribution in [1.82, 2.24) is 9.71 Å². The van der Waals surface area contributed by atoms with Crippen molar-refractivity contribution >= 4 is 33.6 Å². The molecule has 4 N–H and O–H groups in total. The largest absolute Gasteiger partial charge is 0.506 e. The molecule has 0 bridgehead atoms. The number of aromatic carboxylic acids is 1. The highest BCUT2D eigenvalue weighted by atomic mass is 32.2. The number of carbonyl (C=O) groups excluding carboxylic acids is 1. The first kappa shape index (κ1) is 18.4. The molecule has 1 saturated heterocycles. The molecule has 1 aromatic heterocycles. The molecular formula is C15H13FN4O6S. The van der Waals surface area contributed by atoms with Crippen LogP contribution in [0.1, 0.15) is 15.9 Å². The summed E-state index contributed by atoms with van der Waals surface area (Å²) in [5.74, 6) is -3.47. The van der Waals surface area contributed by atoms with Crippen LogP contribution in [-0.4, -0.2) is 42.0 Å². The highest BCUT2D eigenvalue weighted by Crippen LogP contribution is 2.34. The molecule has 12 heteroatoms. The number of hydrogen-bond acceptors (Lipinski definition) is 7. The van der Waals surface area contributed by atoms with E-state index in [1.807, 2.05) is 0 Å². The van der Waals surface area contributed by atoms with Gasteiger partial charge in [-0.3, -0.25) is 4.79 Å². The zero-order chi connectivity index (χ0) is 19.8. The Balaban J connectivity index is 1.82. The maximum Gasteiger partial charge on any atom is 0.335 e. The summed E-state index contributed by atoms with van der Waals surface area (Å²) >= 11 is 0. The second-order valence-corrected chi connectivity index (χ2v) is 7.17. The molecule has 1 aliphatic rings. The van der Waals surface area contributed by atoms with Gasteiger partial charge < -0.3 is 15.5 Å². The fourth-order valence-corrected chi connectivity index (χ4v) is 3.66. The number of anilines is 2. The van der Waals surface area contributed by atoms with E-state index in [4.69, 9.17) is 5.11 Å². The number of phenols is 1. The Hall–Kier alpha value is -3.41. The molecule has 1 amide bonds. The molecule has 1 fully saturated rings. The van der Waals surface area contributed by atoms with Crippen LogP contribution in [0.3, 0.4) is 0 Å². The van der Waals surface area contributed by atoms with Gasteiger partial charge in [0.2, 0.25) is 0 Å². The smallest absolute Gasteiger partial charge is 0.335 e. The lowest BCUT2D eigenvalue weighted by atomic mass is 10.1. The van der Waals surface area contributed by atoms with Crippen LogP contribution in [0.25, 0.3) is 0 Å². The third kappa shape index (κ3) is 3.74. The number of nitrogens with zero attached hydrogens (tertiary/aromatic N) is 2. The maximum atomic E-state index is 14.4. The highest BCUT2D eigenvalue weighted by Gasteiger charge is 2.37. The molecule has 0 radical (unpaired) electrons. The SMILES string of the molecule is O=C1CN(c2c(O)cc(CNc3cc(C(=O)O)ccn3)cc2F)S(=O)(=O)N1. The maximum absolute atomic E-state index is 14.4. The van der Waals surface area contributed by atoms with Crippen LogP contribution in [0.15, 0.2) is 30.5 Å². The quantitative estimate of drug-likeness (QED) is 0.568. The fraction of sp³-hybridized carbons (Fsp3) is 0.133. The van der Waals surface area contributed by atoms with Gasteiger partial charge in [-0.05, 0) is 29.8 Å². The summed E-state index contributed by atoms with van der Waals surface area (Å²) in [5.41, 5.74) is -0.386. The number of aromatic hydroxyl groups is 1. The van der Waals surface area contributed by atoms with E-state index in [1.165, 1.54) is 18.3 Å². The highest BCUT2D eigenvalue weighted by molar-refractivity contribution is 7.92. The lowest BCUT2D eigenvalue weighted by Gasteiger charge is -2.18. The number of hydrogen-bond donors (Lipinski definition) is 4. The van der Waals surface area contributed by atoms with Gasteiger partial charge in [0.25, 0.3) is 5.91 Å². The molecular weight excluding hydrogens is 383 g/mol. The van der Waals surface area contributed by atoms with Crippen LogP contribution in [-0.2, 0) is 21.5 Å². The number of pyridine rings is 1. The predicted octanol–water partition coefficient (Wildman–Crippen LogP) is 0.418. The van der Waals surface area contributed by atoms with Gasteiger partial charge in [0, 0.05) is 12.7 Å². The minimum Gasteiger partial charge on any atom is -0.506 e. The Morgan fingerprint density at radius 1 is 1.37 bits per heavy atom. The van der Waals surface area contributed by atoms with E-state index < -0.39 is 45.9 Å². The van der Waals surface area contributed by atoms with Crippen molar-refractivity contribution in [3.63, 3.8) is 0 Å². The number of benzene rings is 1. The molecule has 0 aliphatic carbocycles. The van der Waals surface area contributed by atoms with Crippen molar-refractivity contribution in [2.45, 2.75) is 6.54 Å². The zero-order valence-corrected chi connectivity index (χ0v) is 14.3. The van der Waals surface area contributed by atoms with Crippen LogP contribution in [0.4, 0.5) is 15.9 Å². The van der Waals surface area contributed by atoms with Crippen molar-refractivity contribution in [2.24, 2.45) is 0 Å². The molecule has 0 spiro atoms. The van der Waals surface area contributed by atoms with Crippen LogP contribution >= 0.6 is 0 Å². The Morgan fingerprint density at radius 3 is 2.70 bits per heavy atom. The first-order chi connectivity index (χ1) is 12.7. The monoisotopic (exact) mass is 396 g/mol. The fourth-order valence-electron chi connectivity index (χ4n) is 2.49. The average Bonchev–Trinajstić information content (AvgIpc) is 2.85. The zero-order valence-electron chi connectivity index (χ0n) is 13.5. The lowest BCUT2D eigenvalue weighted by Crippen LogP contribution is -2.30. The number of carboxylic acid groups (broad SMARTS) is 1. The summed E-state index contributed by atoms with van der Waals surface area (Å²) in [6, 6.07) is 4.70. The molecule has 1 aliphatic heterocycles. The Labute approximate surface area is 152 Å². The minimum absolute atomic E-state index is 0.00767. The summed E-state index contributed by atoms with van der Waals surface area (Å²) in [6.45, 7) is -0.666. The topological polar surface area (TPSA) is 149 Å². The van der Waals surface area contributed by atoms with Crippen molar-refractivity contribution < 1.29 is 32.6 Å². The van der Waals surface area contributed by atoms with Gasteiger partial charge in [0.05, 0.1) is 5.56 Å². The third-order valence-corrected chi connectivity index (χ3v) is 5.03. The number of carboxylic acids is 1. The molecule has 3 rings (SSSR count). The van der Waals surface area contributed by atoms with E-state index in [2.05, 4.69) is 10.3 Å². The number of amides is 1. The molecule has 0 unspecified atom stereocenters. The van der Waals surface area contributed by atoms with Crippen molar-refractivity contribution in [1.29, 1.82) is 0 Å². The number of phenolic OH excluding ortho intramolecular Hbond substituents is 1. The average molecular weight is 396 g/mol. The summed E-state index contributed by atoms with van der Waals surface area (Å²) in [7, 11) is -4.26. The number of rotatable bonds is 5. The van der Waals surface area contributed by atoms with Gasteiger partial charge in [-0.15, -0.1) is 0 Å². The minimum atomic E-state index is -4.26. The molecule has 27 heavy (non-hydrogen) atoms. The number of halogens is 1. The molecule has 0 atom stereocenters. The van der Waals surface area contributed by atoms with E-state index in [0.717, 1.165) is 12.1 Å². The molecule has 142 valence electrons. The van der Waals surface area contributed by atoms with E-state index in [0.29, 0.717) is 4.31 Å². The predicted molar refractivity (Wildman–Crippen MR) is 91.0 cm³/mol. The van der Waals surface area contributed by atoms with Crippen LogP contribution < -0.4 is 14.3 Å². The van der Waals surface area contributed by atoms with E-state index in [-0.39, 0.29) is 23.5 Å². The Kier molecular flexibility index (Phi) is 4.57. The molecule has 10 nitrogen and oxygen atoms in total. The van der Waals surface area contributed by atoms with E-state index in [1.54, 1.807) is 4.72 Å². The van der Waals surface area contributed by atoms with Gasteiger partial charge in [-0.1, -0.05) is 0 Å². The van der Waals surface area contributed by atoms with Crippen LogP contribution in [0, 0.1) is 5.82 Å². The second kappa shape index (κ2) is 6.72. The van der Waals surface area contributed by atoms with Gasteiger partial charge in [0.1, 0.15) is 23.8 Å². The van der Waals surface area contributed by atoms with Crippen LogP contribution in [0.2, 0.25) is 0 Å². The van der Waals surface area contributed by atoms with E-state index >= 15 is 0 Å². The molecule has 0 saturated carbocycles. The Morgan fingerprint density at radius 2 is 2.11 bits per heavy atom. The summed E-state index contributed by atoms with van der Waals surface area (Å²) in [4.78, 5) is 26.1. The van der Waals surface area contributed by atoms with Gasteiger partial charge in [0.15, 0.2) is 5.82 Å². The first-order valence-corrected chi connectivity index (χ1v) is 8.89. The van der Waals surface area contributed by atoms with Crippen molar-refractivity contribution in [3.8, 4) is 5.75 Å². The summed E-state index contributed by atoms with van der Waals surface area (Å²) in [6.07, 6.45) is 1.29. The van der Waals surface area contributed by atoms with E-state index in [9.17, 15) is 27.5 Å². The van der Waals surface area contributed by atoms with Gasteiger partial charge >= 0.3 is 16.2 Å². The third-order valence-electron chi connectivity index (χ3n) is 3.65. The summed E-state index contributed by atoms with van der Waals surface area (Å²) < 4.78 is 40.1. The number of aromatic nitrogens is 1. The van der Waals surface area contributed by atoms with Crippen LogP contribution in [0.5, 0.6) is 5.75 Å². The van der Waals surface area contributed by atoms with Gasteiger partial charge in [-0.2, -0.15) is 8.42 Å². The lowest BCUT2D eigenvalue weighted by molar-refractivity contribution is -0.117. The first-order valence-electron chi connectivity index (χ1n) is 7.45. The van der Waals surface area contributed by atoms with Crippen molar-refractivity contribution in [3.05, 3.63) is 47.4 Å². The standard InChI is InChI=1S/C15H13FN4O6S/c16-10-3-8(6-18-12-5-9(15(23)24)1-2-17-12)4-11(21)14(10)20-7-13(22)19-27(20,25)26/h1-5,21H,6-7H2,(H,17,18)(H,19,22)(H,23,24). The molecule has 1 aromatic carbocycles. The van der Waals surface area contributed by atoms with Gasteiger partial charge in [-0.25, -0.2) is 23.2 Å². The Bertz CT molecular complexity index is 1020. The number of carbonyl (C=O) groups is 2. The molecule has 2 heterocycles. The number of nitrogens with one attached hydrogen (secondary N) is 2. The molecule has 2 aromatic rings.